The van der Waals surface area contributed by atoms with Gasteiger partial charge in [-0.1, -0.05) is 31.4 Å². The van der Waals surface area contributed by atoms with Crippen LogP contribution in [-0.2, 0) is 19.9 Å². The zero-order valence-electron chi connectivity index (χ0n) is 18.9. The Morgan fingerprint density at radius 2 is 1.74 bits per heavy atom. The fraction of sp³-hybridized carbons (Fsp3) is 0.429. The Labute approximate surface area is 184 Å². The summed E-state index contributed by atoms with van der Waals surface area (Å²) in [5, 5.41) is 2.26. The second-order valence-corrected chi connectivity index (χ2v) is 10.1. The smallest absolute Gasteiger partial charge is 0.227 e. The highest BCUT2D eigenvalue weighted by molar-refractivity contribution is 6.08. The first-order valence-electron chi connectivity index (χ1n) is 11.8. The molecule has 0 radical (unpaired) electrons. The second-order valence-electron chi connectivity index (χ2n) is 10.1. The van der Waals surface area contributed by atoms with Crippen LogP contribution in [0.3, 0.4) is 0 Å². The van der Waals surface area contributed by atoms with Gasteiger partial charge in [0.05, 0.1) is 5.56 Å². The van der Waals surface area contributed by atoms with Crippen LogP contribution in [0.2, 0.25) is 0 Å². The fourth-order valence-electron chi connectivity index (χ4n) is 6.23. The minimum absolute atomic E-state index is 0.546. The maximum atomic E-state index is 6.38. The van der Waals surface area contributed by atoms with Crippen molar-refractivity contribution in [1.82, 2.24) is 4.98 Å². The molecule has 3 nitrogen and oxygen atoms in total. The van der Waals surface area contributed by atoms with Gasteiger partial charge < -0.3 is 4.42 Å². The van der Waals surface area contributed by atoms with E-state index in [-0.39, 0.29) is 0 Å². The number of rotatable bonds is 1. The third-order valence-electron chi connectivity index (χ3n) is 7.97. The van der Waals surface area contributed by atoms with E-state index in [0.29, 0.717) is 5.41 Å². The van der Waals surface area contributed by atoms with Crippen molar-refractivity contribution >= 4 is 22.1 Å². The van der Waals surface area contributed by atoms with E-state index in [1.807, 2.05) is 6.92 Å². The molecule has 1 saturated carbocycles. The molecule has 31 heavy (non-hydrogen) atoms. The molecule has 158 valence electrons. The Morgan fingerprint density at radius 3 is 2.58 bits per heavy atom. The third kappa shape index (κ3) is 3.01. The monoisotopic (exact) mass is 411 g/mol. The minimum atomic E-state index is 0.546. The fourth-order valence-corrected chi connectivity index (χ4v) is 6.23. The van der Waals surface area contributed by atoms with Gasteiger partial charge in [0.15, 0.2) is 11.8 Å². The summed E-state index contributed by atoms with van der Waals surface area (Å²) in [6.07, 6.45) is 13.3. The van der Waals surface area contributed by atoms with Gasteiger partial charge in [-0.15, -0.1) is 0 Å². The molecule has 1 aromatic carbocycles. The predicted octanol–water partition coefficient (Wildman–Crippen LogP) is 6.53. The first kappa shape index (κ1) is 19.0. The normalized spacial score (nSPS) is 18.0. The summed E-state index contributed by atoms with van der Waals surface area (Å²) < 4.78 is 8.69. The molecule has 4 aromatic rings. The largest absolute Gasteiger partial charge is 0.437 e. The topological polar surface area (TPSA) is 29.9 Å². The maximum Gasteiger partial charge on any atom is 0.227 e. The molecule has 0 amide bonds. The summed E-state index contributed by atoms with van der Waals surface area (Å²) in [6, 6.07) is 11.1. The van der Waals surface area contributed by atoms with Crippen LogP contribution >= 0.6 is 0 Å². The summed E-state index contributed by atoms with van der Waals surface area (Å²) in [5.41, 5.74) is 10.0. The van der Waals surface area contributed by atoms with Crippen LogP contribution in [-0.4, -0.2) is 4.98 Å². The standard InChI is InChI=1S/C28H31N2O/c1-18-7-9-22-23-10-8-19(2)29-27(23)31-26(22)25(18)24-15-21-16-28(12-5-4-6-13-28)14-11-20(21)17-30(24)3/h7-10,15,17H,4-6,11-14,16H2,1-3H3/q+1. The molecule has 0 aliphatic heterocycles. The molecule has 0 bridgehead atoms. The first-order valence-corrected chi connectivity index (χ1v) is 11.8. The number of benzene rings is 1. The highest BCUT2D eigenvalue weighted by atomic mass is 16.3. The van der Waals surface area contributed by atoms with Crippen LogP contribution < -0.4 is 4.57 Å². The number of pyridine rings is 2. The number of fused-ring (bicyclic) bond motifs is 4. The SMILES string of the molecule is Cc1ccc2c(n1)oc1c(-c3cc4c(c[n+]3C)CCC3(CCCCC3)C4)c(C)ccc12. The van der Waals surface area contributed by atoms with Crippen molar-refractivity contribution < 1.29 is 8.98 Å². The number of aryl methyl sites for hydroxylation is 4. The maximum absolute atomic E-state index is 6.38. The summed E-state index contributed by atoms with van der Waals surface area (Å²) in [6.45, 7) is 4.21. The average molecular weight is 412 g/mol. The van der Waals surface area contributed by atoms with Crippen LogP contribution in [0.25, 0.3) is 33.3 Å². The van der Waals surface area contributed by atoms with E-state index in [2.05, 4.69) is 60.1 Å². The highest BCUT2D eigenvalue weighted by Gasteiger charge is 2.37. The molecular weight excluding hydrogens is 380 g/mol. The predicted molar refractivity (Wildman–Crippen MR) is 125 cm³/mol. The number of aromatic nitrogens is 2. The Morgan fingerprint density at radius 1 is 0.935 bits per heavy atom. The molecule has 0 atom stereocenters. The summed E-state index contributed by atoms with van der Waals surface area (Å²) >= 11 is 0. The van der Waals surface area contributed by atoms with Gasteiger partial charge in [0.25, 0.3) is 0 Å². The Kier molecular flexibility index (Phi) is 4.25. The summed E-state index contributed by atoms with van der Waals surface area (Å²) in [5.74, 6) is 0. The minimum Gasteiger partial charge on any atom is -0.437 e. The number of furan rings is 1. The van der Waals surface area contributed by atoms with E-state index in [1.165, 1.54) is 73.8 Å². The van der Waals surface area contributed by atoms with E-state index in [1.54, 1.807) is 5.56 Å². The van der Waals surface area contributed by atoms with E-state index < -0.39 is 0 Å². The molecule has 0 unspecified atom stereocenters. The summed E-state index contributed by atoms with van der Waals surface area (Å²) in [4.78, 5) is 4.65. The number of hydrogen-bond acceptors (Lipinski definition) is 2. The van der Waals surface area contributed by atoms with Gasteiger partial charge in [0.2, 0.25) is 11.4 Å². The summed E-state index contributed by atoms with van der Waals surface area (Å²) in [7, 11) is 2.18. The molecule has 2 aliphatic carbocycles. The van der Waals surface area contributed by atoms with E-state index in [0.717, 1.165) is 27.8 Å². The highest BCUT2D eigenvalue weighted by Crippen LogP contribution is 2.47. The van der Waals surface area contributed by atoms with Gasteiger partial charge in [-0.3, -0.25) is 0 Å². The Balaban J connectivity index is 1.54. The lowest BCUT2D eigenvalue weighted by Gasteiger charge is -2.41. The lowest BCUT2D eigenvalue weighted by Crippen LogP contribution is -2.36. The van der Waals surface area contributed by atoms with E-state index >= 15 is 0 Å². The molecule has 0 N–H and O–H groups in total. The van der Waals surface area contributed by atoms with Crippen molar-refractivity contribution in [2.24, 2.45) is 12.5 Å². The number of nitrogens with zero attached hydrogens (tertiary/aromatic N) is 2. The van der Waals surface area contributed by atoms with E-state index in [9.17, 15) is 0 Å². The lowest BCUT2D eigenvalue weighted by molar-refractivity contribution is -0.660. The molecular formula is C28H31N2O+. The Hall–Kier alpha value is -2.68. The van der Waals surface area contributed by atoms with Crippen LogP contribution in [0.5, 0.6) is 0 Å². The first-order chi connectivity index (χ1) is 15.0. The third-order valence-corrected chi connectivity index (χ3v) is 7.97. The van der Waals surface area contributed by atoms with Crippen LogP contribution in [0.15, 0.2) is 40.9 Å². The second kappa shape index (κ2) is 6.91. The molecule has 3 heteroatoms. The van der Waals surface area contributed by atoms with E-state index in [4.69, 9.17) is 4.42 Å². The van der Waals surface area contributed by atoms with Crippen LogP contribution in [0, 0.1) is 19.3 Å². The zero-order chi connectivity index (χ0) is 21.2. The van der Waals surface area contributed by atoms with Crippen molar-refractivity contribution in [3.8, 4) is 11.3 Å². The van der Waals surface area contributed by atoms with Crippen LogP contribution in [0.4, 0.5) is 0 Å². The molecule has 1 spiro atoms. The van der Waals surface area contributed by atoms with Gasteiger partial charge in [0.1, 0.15) is 7.05 Å². The van der Waals surface area contributed by atoms with Gasteiger partial charge in [-0.2, -0.15) is 0 Å². The van der Waals surface area contributed by atoms with Crippen LogP contribution in [0.1, 0.15) is 60.9 Å². The van der Waals surface area contributed by atoms with Crippen molar-refractivity contribution in [2.75, 3.05) is 0 Å². The molecule has 2 aliphatic rings. The van der Waals surface area contributed by atoms with Crippen molar-refractivity contribution in [3.05, 3.63) is 58.9 Å². The molecule has 3 heterocycles. The molecule has 0 saturated heterocycles. The molecule has 1 fully saturated rings. The lowest BCUT2D eigenvalue weighted by atomic mass is 9.64. The average Bonchev–Trinajstić information content (AvgIpc) is 3.12. The van der Waals surface area contributed by atoms with Crippen molar-refractivity contribution in [3.63, 3.8) is 0 Å². The van der Waals surface area contributed by atoms with Gasteiger partial charge in [-0.05, 0) is 74.6 Å². The number of hydrogen-bond donors (Lipinski definition) is 0. The van der Waals surface area contributed by atoms with Crippen molar-refractivity contribution in [2.45, 2.75) is 65.2 Å². The van der Waals surface area contributed by atoms with Gasteiger partial charge in [0, 0.05) is 28.1 Å². The Bertz CT molecular complexity index is 1320. The molecule has 6 rings (SSSR count). The van der Waals surface area contributed by atoms with Gasteiger partial charge >= 0.3 is 0 Å². The quantitative estimate of drug-likeness (QED) is 0.333. The molecule has 3 aromatic heterocycles. The van der Waals surface area contributed by atoms with Gasteiger partial charge in [-0.25, -0.2) is 9.55 Å². The zero-order valence-corrected chi connectivity index (χ0v) is 18.9. The van der Waals surface area contributed by atoms with Crippen molar-refractivity contribution in [1.29, 1.82) is 0 Å².